The monoisotopic (exact) mass is 608 g/mol. The van der Waals surface area contributed by atoms with E-state index in [4.69, 9.17) is 23.7 Å². The summed E-state index contributed by atoms with van der Waals surface area (Å²) in [5.74, 6) is 4.37. The molecule has 4 aromatic carbocycles. The molecule has 234 valence electrons. The standard InChI is InChI=1S/C37H40N2O6/c1-38-14-12-24-19-32(41-3)33-21-27(24)28(38)16-22-6-9-26(10-7-22)44-31-18-23(8-11-30(31)40)17-29-35-25(13-15-39(29)2)20-34(42-4)36(43-5)37(35)45-33/h6-11,18-21,28-29,40H,12-17H2,1-5H3/t28-,29+/m0/s1. The van der Waals surface area contributed by atoms with E-state index in [1.165, 1.54) is 16.7 Å². The molecule has 6 bridgehead atoms. The molecule has 0 spiro atoms. The average molecular weight is 609 g/mol. The Morgan fingerprint density at radius 3 is 2.09 bits per heavy atom. The Morgan fingerprint density at radius 1 is 0.689 bits per heavy atom. The van der Waals surface area contributed by atoms with Crippen LogP contribution in [0.2, 0.25) is 0 Å². The van der Waals surface area contributed by atoms with Gasteiger partial charge in [0.2, 0.25) is 5.75 Å². The van der Waals surface area contributed by atoms with Crippen molar-refractivity contribution in [3.63, 3.8) is 0 Å². The molecule has 0 saturated heterocycles. The van der Waals surface area contributed by atoms with E-state index in [0.29, 0.717) is 46.7 Å². The zero-order valence-electron chi connectivity index (χ0n) is 26.6. The van der Waals surface area contributed by atoms with E-state index < -0.39 is 0 Å². The van der Waals surface area contributed by atoms with Gasteiger partial charge in [-0.15, -0.1) is 0 Å². The highest BCUT2D eigenvalue weighted by atomic mass is 16.5. The molecule has 4 aromatic rings. The third-order valence-electron chi connectivity index (χ3n) is 9.64. The molecular formula is C37H40N2O6. The molecule has 45 heavy (non-hydrogen) atoms. The van der Waals surface area contributed by atoms with E-state index in [-0.39, 0.29) is 17.8 Å². The Labute approximate surface area is 264 Å². The largest absolute Gasteiger partial charge is 0.504 e. The van der Waals surface area contributed by atoms with Crippen molar-refractivity contribution < 1.29 is 28.8 Å². The summed E-state index contributed by atoms with van der Waals surface area (Å²) in [7, 11) is 9.33. The highest BCUT2D eigenvalue weighted by Gasteiger charge is 2.34. The van der Waals surface area contributed by atoms with Crippen LogP contribution in [0.1, 0.15) is 45.5 Å². The van der Waals surface area contributed by atoms with Gasteiger partial charge < -0.3 is 28.8 Å². The van der Waals surface area contributed by atoms with Crippen molar-refractivity contribution in [2.24, 2.45) is 0 Å². The fraction of sp³-hybridized carbons (Fsp3) is 0.351. The number of phenols is 1. The quantitative estimate of drug-likeness (QED) is 0.271. The van der Waals surface area contributed by atoms with Crippen LogP contribution < -0.4 is 23.7 Å². The minimum Gasteiger partial charge on any atom is -0.504 e. The molecule has 0 aromatic heterocycles. The number of ether oxygens (including phenoxy) is 5. The zero-order valence-corrected chi connectivity index (χ0v) is 26.6. The lowest BCUT2D eigenvalue weighted by atomic mass is 9.87. The molecule has 0 unspecified atom stereocenters. The van der Waals surface area contributed by atoms with E-state index in [2.05, 4.69) is 54.2 Å². The third kappa shape index (κ3) is 5.32. The lowest BCUT2D eigenvalue weighted by Gasteiger charge is -2.37. The van der Waals surface area contributed by atoms with Crippen LogP contribution >= 0.6 is 0 Å². The molecule has 0 fully saturated rings. The summed E-state index contributed by atoms with van der Waals surface area (Å²) in [6.07, 6.45) is 3.25. The summed E-state index contributed by atoms with van der Waals surface area (Å²) in [5, 5.41) is 10.7. The van der Waals surface area contributed by atoms with Crippen LogP contribution in [0.3, 0.4) is 0 Å². The molecule has 1 N–H and O–H groups in total. The second kappa shape index (κ2) is 11.8. The second-order valence-corrected chi connectivity index (χ2v) is 12.3. The van der Waals surface area contributed by atoms with Crippen LogP contribution in [0.25, 0.3) is 0 Å². The van der Waals surface area contributed by atoms with Crippen LogP contribution in [-0.4, -0.2) is 63.4 Å². The fourth-order valence-electron chi connectivity index (χ4n) is 7.11. The summed E-state index contributed by atoms with van der Waals surface area (Å²) < 4.78 is 31.0. The van der Waals surface area contributed by atoms with Crippen LogP contribution in [-0.2, 0) is 25.7 Å². The van der Waals surface area contributed by atoms with Gasteiger partial charge in [0.05, 0.1) is 21.3 Å². The molecule has 4 aliphatic rings. The summed E-state index contributed by atoms with van der Waals surface area (Å²) in [6.45, 7) is 1.82. The topological polar surface area (TPSA) is 72.9 Å². The minimum atomic E-state index is -0.0402. The summed E-state index contributed by atoms with van der Waals surface area (Å²) in [4.78, 5) is 4.75. The Balaban J connectivity index is 1.47. The highest BCUT2D eigenvalue weighted by molar-refractivity contribution is 5.63. The molecule has 4 heterocycles. The molecule has 8 nitrogen and oxygen atoms in total. The van der Waals surface area contributed by atoms with Crippen molar-refractivity contribution in [3.8, 4) is 46.0 Å². The minimum absolute atomic E-state index is 0.0402. The maximum atomic E-state index is 10.7. The van der Waals surface area contributed by atoms with Crippen LogP contribution in [0.15, 0.2) is 60.7 Å². The van der Waals surface area contributed by atoms with Gasteiger partial charge in [0.25, 0.3) is 0 Å². The van der Waals surface area contributed by atoms with Gasteiger partial charge in [0, 0.05) is 30.7 Å². The van der Waals surface area contributed by atoms with E-state index >= 15 is 0 Å². The molecule has 8 heteroatoms. The lowest BCUT2D eigenvalue weighted by Crippen LogP contribution is -2.34. The number of methoxy groups -OCH3 is 3. The number of likely N-dealkylation sites (N-methyl/N-ethyl adjacent to an activating group) is 2. The van der Waals surface area contributed by atoms with Crippen LogP contribution in [0.4, 0.5) is 0 Å². The molecule has 0 saturated carbocycles. The third-order valence-corrected chi connectivity index (χ3v) is 9.64. The zero-order chi connectivity index (χ0) is 31.2. The summed E-state index contributed by atoms with van der Waals surface area (Å²) in [5.41, 5.74) is 6.93. The Bertz CT molecular complexity index is 1740. The van der Waals surface area contributed by atoms with E-state index in [9.17, 15) is 5.11 Å². The first-order chi connectivity index (χ1) is 21.9. The van der Waals surface area contributed by atoms with Gasteiger partial charge in [-0.1, -0.05) is 18.2 Å². The van der Waals surface area contributed by atoms with Crippen molar-refractivity contribution in [1.29, 1.82) is 0 Å². The Kier molecular flexibility index (Phi) is 7.71. The molecule has 0 radical (unpaired) electrons. The predicted molar refractivity (Wildman–Crippen MR) is 173 cm³/mol. The van der Waals surface area contributed by atoms with Crippen molar-refractivity contribution in [3.05, 3.63) is 94.0 Å². The number of rotatable bonds is 3. The Morgan fingerprint density at radius 2 is 1.36 bits per heavy atom. The van der Waals surface area contributed by atoms with Crippen molar-refractivity contribution in [2.75, 3.05) is 48.5 Å². The number of aromatic hydroxyl groups is 1. The lowest BCUT2D eigenvalue weighted by molar-refractivity contribution is 0.220. The van der Waals surface area contributed by atoms with Crippen LogP contribution in [0.5, 0.6) is 46.0 Å². The second-order valence-electron chi connectivity index (χ2n) is 12.3. The molecule has 4 aliphatic heterocycles. The van der Waals surface area contributed by atoms with E-state index in [0.717, 1.165) is 49.0 Å². The van der Waals surface area contributed by atoms with Gasteiger partial charge in [0.1, 0.15) is 5.75 Å². The first-order valence-electron chi connectivity index (χ1n) is 15.5. The van der Waals surface area contributed by atoms with Crippen LogP contribution in [0, 0.1) is 0 Å². The van der Waals surface area contributed by atoms with E-state index in [1.54, 1.807) is 27.4 Å². The molecular weight excluding hydrogens is 568 g/mol. The molecule has 0 amide bonds. The summed E-state index contributed by atoms with van der Waals surface area (Å²) >= 11 is 0. The van der Waals surface area contributed by atoms with Gasteiger partial charge in [-0.3, -0.25) is 9.80 Å². The Hall–Kier alpha value is -4.40. The van der Waals surface area contributed by atoms with Gasteiger partial charge in [0.15, 0.2) is 34.5 Å². The van der Waals surface area contributed by atoms with Crippen molar-refractivity contribution >= 4 is 0 Å². The normalized spacial score (nSPS) is 19.4. The summed E-state index contributed by atoms with van der Waals surface area (Å²) in [6, 6.07) is 20.3. The maximum Gasteiger partial charge on any atom is 0.204 e. The molecule has 8 rings (SSSR count). The first kappa shape index (κ1) is 29.3. The first-order valence-corrected chi connectivity index (χ1v) is 15.5. The predicted octanol–water partition coefficient (Wildman–Crippen LogP) is 6.86. The van der Waals surface area contributed by atoms with Crippen molar-refractivity contribution in [2.45, 2.75) is 37.8 Å². The number of benzene rings is 4. The number of hydrogen-bond acceptors (Lipinski definition) is 8. The van der Waals surface area contributed by atoms with Gasteiger partial charge in [-0.2, -0.15) is 0 Å². The van der Waals surface area contributed by atoms with Crippen molar-refractivity contribution in [1.82, 2.24) is 9.80 Å². The highest BCUT2D eigenvalue weighted by Crippen LogP contribution is 2.52. The van der Waals surface area contributed by atoms with E-state index in [1.807, 2.05) is 24.3 Å². The smallest absolute Gasteiger partial charge is 0.204 e. The van der Waals surface area contributed by atoms with Gasteiger partial charge in [-0.05, 0) is 110 Å². The number of fused-ring (bicyclic) bond motifs is 2. The molecule has 0 aliphatic carbocycles. The number of nitrogens with zero attached hydrogens (tertiary/aromatic N) is 2. The number of phenolic OH excluding ortho intramolecular Hbond substituents is 1. The number of hydrogen-bond donors (Lipinski definition) is 1. The average Bonchev–Trinajstić information content (AvgIpc) is 3.05. The van der Waals surface area contributed by atoms with Gasteiger partial charge in [-0.25, -0.2) is 0 Å². The SMILES string of the molecule is COc1cc2c3cc1Oc1c(OC)c(OC)cc4c1[C@@H](Cc1ccc(O)c(c1)Oc1ccc(cc1)C[C@@H]3N(C)CC2)N(C)CC4. The fourth-order valence-corrected chi connectivity index (χ4v) is 7.11. The van der Waals surface area contributed by atoms with Gasteiger partial charge >= 0.3 is 0 Å². The maximum absolute atomic E-state index is 10.7. The molecule has 2 atom stereocenters.